The van der Waals surface area contributed by atoms with Gasteiger partial charge in [-0.2, -0.15) is 0 Å². The van der Waals surface area contributed by atoms with Gasteiger partial charge in [0.15, 0.2) is 4.60 Å². The Hall–Kier alpha value is -2.19. The second kappa shape index (κ2) is 9.09. The van der Waals surface area contributed by atoms with Crippen LogP contribution in [0.3, 0.4) is 0 Å². The third-order valence-electron chi connectivity index (χ3n) is 4.03. The molecule has 1 unspecified atom stereocenters. The maximum absolute atomic E-state index is 12.0. The van der Waals surface area contributed by atoms with E-state index in [-0.39, 0.29) is 6.04 Å². The van der Waals surface area contributed by atoms with Gasteiger partial charge in [0.25, 0.3) is 0 Å². The lowest BCUT2D eigenvalue weighted by Gasteiger charge is -2.21. The summed E-state index contributed by atoms with van der Waals surface area (Å²) in [5.41, 5.74) is 2.45. The quantitative estimate of drug-likeness (QED) is 0.489. The Morgan fingerprint density at radius 2 is 1.97 bits per heavy atom. The topological polar surface area (TPSA) is 76.1 Å². The van der Waals surface area contributed by atoms with Gasteiger partial charge in [-0.15, -0.1) is 21.5 Å². The van der Waals surface area contributed by atoms with E-state index >= 15 is 0 Å². The number of fused-ring (bicyclic) bond motifs is 1. The van der Waals surface area contributed by atoms with Crippen molar-refractivity contribution >= 4 is 49.3 Å². The molecule has 0 spiro atoms. The third kappa shape index (κ3) is 6.14. The number of amides is 1. The molecular weight excluding hydrogens is 452 g/mol. The van der Waals surface area contributed by atoms with E-state index < -0.39 is 11.7 Å². The Balaban J connectivity index is 1.71. The van der Waals surface area contributed by atoms with Crippen LogP contribution in [0.1, 0.15) is 38.1 Å². The second-order valence-corrected chi connectivity index (χ2v) is 9.77. The van der Waals surface area contributed by atoms with Crippen LogP contribution in [0.25, 0.3) is 10.2 Å². The zero-order chi connectivity index (χ0) is 21.0. The number of halogens is 1. The standard InChI is InChI=1S/C21H25BrN4O2S/c1-13(24-20(27)28-21(2,3)4)10-15-11-16-18(29-15)17(19(22)26-25-16)23-12-14-8-6-5-7-9-14/h5-9,11,13H,10,12H2,1-4H3,(H,23,25)(H,24,27). The molecule has 2 aromatic heterocycles. The van der Waals surface area contributed by atoms with Gasteiger partial charge in [-0.3, -0.25) is 0 Å². The van der Waals surface area contributed by atoms with E-state index in [0.29, 0.717) is 17.6 Å². The summed E-state index contributed by atoms with van der Waals surface area (Å²) in [5.74, 6) is 0. The zero-order valence-electron chi connectivity index (χ0n) is 17.0. The van der Waals surface area contributed by atoms with Crippen molar-refractivity contribution in [2.75, 3.05) is 5.32 Å². The molecule has 1 aromatic carbocycles. The number of carbonyl (C=O) groups excluding carboxylic acids is 1. The summed E-state index contributed by atoms with van der Waals surface area (Å²) in [6, 6.07) is 12.2. The number of aromatic nitrogens is 2. The number of ether oxygens (including phenoxy) is 1. The molecule has 1 amide bonds. The average molecular weight is 477 g/mol. The molecule has 0 aliphatic heterocycles. The first-order chi connectivity index (χ1) is 13.7. The number of hydrogen-bond acceptors (Lipinski definition) is 6. The Labute approximate surface area is 183 Å². The molecule has 0 aliphatic rings. The van der Waals surface area contributed by atoms with E-state index in [0.717, 1.165) is 20.8 Å². The van der Waals surface area contributed by atoms with Crippen molar-refractivity contribution in [3.05, 3.63) is 51.4 Å². The SMILES string of the molecule is CC(Cc1cc2nnc(Br)c(NCc3ccccc3)c2s1)NC(=O)OC(C)(C)C. The fraction of sp³-hybridized carbons (Fsp3) is 0.381. The van der Waals surface area contributed by atoms with E-state index in [1.807, 2.05) is 52.0 Å². The number of rotatable bonds is 6. The largest absolute Gasteiger partial charge is 0.444 e. The minimum absolute atomic E-state index is 0.0601. The van der Waals surface area contributed by atoms with Gasteiger partial charge in [0.1, 0.15) is 11.1 Å². The predicted molar refractivity (Wildman–Crippen MR) is 121 cm³/mol. The first-order valence-electron chi connectivity index (χ1n) is 9.43. The Morgan fingerprint density at radius 3 is 2.66 bits per heavy atom. The normalized spacial score (nSPS) is 12.6. The lowest BCUT2D eigenvalue weighted by molar-refractivity contribution is 0.0509. The summed E-state index contributed by atoms with van der Waals surface area (Å²) in [6.07, 6.45) is 0.287. The highest BCUT2D eigenvalue weighted by Crippen LogP contribution is 2.35. The molecule has 0 saturated carbocycles. The fourth-order valence-corrected chi connectivity index (χ4v) is 4.62. The highest BCUT2D eigenvalue weighted by molar-refractivity contribution is 9.10. The van der Waals surface area contributed by atoms with Crippen LogP contribution in [0.2, 0.25) is 0 Å². The van der Waals surface area contributed by atoms with Gasteiger partial charge >= 0.3 is 6.09 Å². The maximum atomic E-state index is 12.0. The van der Waals surface area contributed by atoms with Crippen molar-refractivity contribution in [2.45, 2.75) is 52.3 Å². The van der Waals surface area contributed by atoms with Crippen LogP contribution < -0.4 is 10.6 Å². The number of nitrogens with zero attached hydrogens (tertiary/aromatic N) is 2. The van der Waals surface area contributed by atoms with Crippen molar-refractivity contribution in [2.24, 2.45) is 0 Å². The molecule has 2 N–H and O–H groups in total. The number of nitrogens with one attached hydrogen (secondary N) is 2. The number of thiophene rings is 1. The van der Waals surface area contributed by atoms with E-state index in [2.05, 4.69) is 48.9 Å². The molecule has 6 nitrogen and oxygen atoms in total. The fourth-order valence-electron chi connectivity index (χ4n) is 2.83. The first-order valence-corrected chi connectivity index (χ1v) is 11.0. The minimum Gasteiger partial charge on any atom is -0.444 e. The summed E-state index contributed by atoms with van der Waals surface area (Å²) in [4.78, 5) is 13.1. The summed E-state index contributed by atoms with van der Waals surface area (Å²) in [7, 11) is 0. The van der Waals surface area contributed by atoms with Crippen molar-refractivity contribution in [1.82, 2.24) is 15.5 Å². The van der Waals surface area contributed by atoms with Crippen LogP contribution >= 0.6 is 27.3 Å². The van der Waals surface area contributed by atoms with Crippen LogP contribution in [-0.4, -0.2) is 27.9 Å². The second-order valence-electron chi connectivity index (χ2n) is 7.88. The summed E-state index contributed by atoms with van der Waals surface area (Å²) >= 11 is 5.16. The van der Waals surface area contributed by atoms with E-state index in [4.69, 9.17) is 4.74 Å². The molecule has 3 aromatic rings. The van der Waals surface area contributed by atoms with Crippen LogP contribution in [0.5, 0.6) is 0 Å². The highest BCUT2D eigenvalue weighted by Gasteiger charge is 2.19. The van der Waals surface area contributed by atoms with E-state index in [1.165, 1.54) is 5.56 Å². The average Bonchev–Trinajstić information content (AvgIpc) is 3.02. The maximum Gasteiger partial charge on any atom is 0.407 e. The molecule has 0 radical (unpaired) electrons. The molecule has 0 bridgehead atoms. The zero-order valence-corrected chi connectivity index (χ0v) is 19.4. The van der Waals surface area contributed by atoms with Crippen LogP contribution in [0, 0.1) is 0 Å². The van der Waals surface area contributed by atoms with Crippen LogP contribution in [0.4, 0.5) is 10.5 Å². The Morgan fingerprint density at radius 1 is 1.24 bits per heavy atom. The first kappa shape index (κ1) is 21.5. The molecular formula is C21H25BrN4O2S. The van der Waals surface area contributed by atoms with Crippen molar-refractivity contribution < 1.29 is 9.53 Å². The number of anilines is 1. The van der Waals surface area contributed by atoms with Gasteiger partial charge in [0, 0.05) is 23.9 Å². The molecule has 2 heterocycles. The summed E-state index contributed by atoms with van der Waals surface area (Å²) < 4.78 is 7.06. The van der Waals surface area contributed by atoms with Crippen LogP contribution in [-0.2, 0) is 17.7 Å². The van der Waals surface area contributed by atoms with Gasteiger partial charge in [-0.1, -0.05) is 30.3 Å². The van der Waals surface area contributed by atoms with Crippen molar-refractivity contribution in [3.8, 4) is 0 Å². The lowest BCUT2D eigenvalue weighted by atomic mass is 10.2. The minimum atomic E-state index is -0.511. The van der Waals surface area contributed by atoms with Gasteiger partial charge in [0.2, 0.25) is 0 Å². The number of carbonyl (C=O) groups is 1. The summed E-state index contributed by atoms with van der Waals surface area (Å²) in [5, 5.41) is 14.9. The Bertz CT molecular complexity index is 986. The molecule has 3 rings (SSSR count). The molecule has 154 valence electrons. The molecule has 29 heavy (non-hydrogen) atoms. The monoisotopic (exact) mass is 476 g/mol. The molecule has 0 aliphatic carbocycles. The lowest BCUT2D eigenvalue weighted by Crippen LogP contribution is -2.38. The smallest absolute Gasteiger partial charge is 0.407 e. The predicted octanol–water partition coefficient (Wildman–Crippen LogP) is 5.52. The highest BCUT2D eigenvalue weighted by atomic mass is 79.9. The van der Waals surface area contributed by atoms with Gasteiger partial charge < -0.3 is 15.4 Å². The van der Waals surface area contributed by atoms with Crippen molar-refractivity contribution in [1.29, 1.82) is 0 Å². The molecule has 0 fully saturated rings. The third-order valence-corrected chi connectivity index (χ3v) is 5.74. The number of benzene rings is 1. The Kier molecular flexibility index (Phi) is 6.74. The molecule has 0 saturated heterocycles. The van der Waals surface area contributed by atoms with Gasteiger partial charge in [-0.05, 0) is 55.3 Å². The van der Waals surface area contributed by atoms with Gasteiger partial charge in [0.05, 0.1) is 10.4 Å². The number of hydrogen-bond donors (Lipinski definition) is 2. The molecule has 1 atom stereocenters. The van der Waals surface area contributed by atoms with Crippen molar-refractivity contribution in [3.63, 3.8) is 0 Å². The summed E-state index contributed by atoms with van der Waals surface area (Å²) in [6.45, 7) is 8.21. The van der Waals surface area contributed by atoms with Crippen LogP contribution in [0.15, 0.2) is 41.0 Å². The molecule has 8 heteroatoms. The number of alkyl carbamates (subject to hydrolysis) is 1. The van der Waals surface area contributed by atoms with Gasteiger partial charge in [-0.25, -0.2) is 4.79 Å². The van der Waals surface area contributed by atoms with E-state index in [9.17, 15) is 4.79 Å². The van der Waals surface area contributed by atoms with E-state index in [1.54, 1.807) is 11.3 Å².